The van der Waals surface area contributed by atoms with Gasteiger partial charge in [-0.05, 0) is 71.8 Å². The molecule has 0 spiro atoms. The van der Waals surface area contributed by atoms with Crippen molar-refractivity contribution in [3.63, 3.8) is 0 Å². The number of methoxy groups -OCH3 is 2. The van der Waals surface area contributed by atoms with Gasteiger partial charge in [0.15, 0.2) is 22.7 Å². The topological polar surface area (TPSA) is 243 Å². The van der Waals surface area contributed by atoms with E-state index in [1.807, 2.05) is 18.2 Å². The Hall–Kier alpha value is -7.94. The fourth-order valence-electron chi connectivity index (χ4n) is 6.90. The lowest BCUT2D eigenvalue weighted by Crippen LogP contribution is -2.37. The molecule has 2 amide bonds. The van der Waals surface area contributed by atoms with Gasteiger partial charge in [-0.2, -0.15) is 20.7 Å². The first-order valence-electron chi connectivity index (χ1n) is 19.6. The highest BCUT2D eigenvalue weighted by Gasteiger charge is 2.43. The maximum atomic E-state index is 12.2. The first kappa shape index (κ1) is 49.1. The van der Waals surface area contributed by atoms with Gasteiger partial charge in [-0.1, -0.05) is 41.1 Å². The van der Waals surface area contributed by atoms with E-state index in [0.29, 0.717) is 64.1 Å². The minimum atomic E-state index is -1.74. The van der Waals surface area contributed by atoms with Crippen LogP contribution in [0, 0.1) is 46.8 Å². The quantitative estimate of drug-likeness (QED) is 0.177. The van der Waals surface area contributed by atoms with E-state index < -0.39 is 29.0 Å². The monoisotopic (exact) mass is 954 g/mol. The number of hydrogen-bond donors (Lipinski definition) is 2. The Morgan fingerprint density at radius 2 is 1.24 bits per heavy atom. The Labute approximate surface area is 388 Å². The van der Waals surface area contributed by atoms with Gasteiger partial charge in [0.1, 0.15) is 0 Å². The molecule has 2 atom stereocenters. The van der Waals surface area contributed by atoms with E-state index >= 15 is 0 Å². The van der Waals surface area contributed by atoms with Crippen molar-refractivity contribution >= 4 is 61.7 Å². The molecule has 2 N–H and O–H groups in total. The molecule has 0 unspecified atom stereocenters. The molecule has 0 aliphatic carbocycles. The van der Waals surface area contributed by atoms with Gasteiger partial charge in [0.25, 0.3) is 11.8 Å². The molecule has 0 bridgehead atoms. The number of rotatable bonds is 6. The van der Waals surface area contributed by atoms with Crippen LogP contribution in [0.4, 0.5) is 0 Å². The summed E-state index contributed by atoms with van der Waals surface area (Å²) < 4.78 is 13.5. The summed E-state index contributed by atoms with van der Waals surface area (Å²) in [5, 5.41) is 47.8. The highest BCUT2D eigenvalue weighted by molar-refractivity contribution is 9.10. The van der Waals surface area contributed by atoms with Gasteiger partial charge >= 0.3 is 11.9 Å². The second kappa shape index (κ2) is 20.7. The van der Waals surface area contributed by atoms with Crippen LogP contribution in [-0.4, -0.2) is 126 Å². The molecule has 66 heavy (non-hydrogen) atoms. The predicted molar refractivity (Wildman–Crippen MR) is 244 cm³/mol. The molecule has 2 fully saturated rings. The number of benzene rings is 2. The number of fused-ring (bicyclic) bond motifs is 2. The summed E-state index contributed by atoms with van der Waals surface area (Å²) in [4.78, 5) is 58.8. The van der Waals surface area contributed by atoms with Crippen LogP contribution in [0.3, 0.4) is 0 Å². The van der Waals surface area contributed by atoms with Crippen LogP contribution in [0.1, 0.15) is 57.9 Å². The van der Waals surface area contributed by atoms with Crippen LogP contribution < -0.4 is 0 Å². The van der Waals surface area contributed by atoms with Gasteiger partial charge in [-0.3, -0.25) is 9.59 Å². The fraction of sp³-hybridized carbons (Fsp3) is 0.277. The summed E-state index contributed by atoms with van der Waals surface area (Å²) in [6.07, 6.45) is 9.15. The normalized spacial score (nSPS) is 17.2. The third kappa shape index (κ3) is 10.2. The summed E-state index contributed by atoms with van der Waals surface area (Å²) in [5.41, 5.74) is 1.29. The number of pyridine rings is 2. The molecule has 18 nitrogen and oxygen atoms in total. The van der Waals surface area contributed by atoms with Gasteiger partial charge in [0.2, 0.25) is 11.2 Å². The van der Waals surface area contributed by atoms with E-state index in [0.717, 1.165) is 10.0 Å². The molecule has 2 saturated heterocycles. The molecule has 336 valence electrons. The number of aliphatic hydroxyl groups is 2. The maximum absolute atomic E-state index is 12.2. The van der Waals surface area contributed by atoms with Crippen molar-refractivity contribution in [1.82, 2.24) is 39.3 Å². The minimum absolute atomic E-state index is 0. The summed E-state index contributed by atoms with van der Waals surface area (Å²) in [6.45, 7) is 0.963. The number of likely N-dealkylation sites (N-methyl/N-ethyl adjacent to an activating group) is 2. The Kier molecular flexibility index (Phi) is 15.4. The second-order valence-electron chi connectivity index (χ2n) is 14.7. The number of hydrogen-bond acceptors (Lipinski definition) is 14. The smallest absolute Gasteiger partial charge is 0.359 e. The predicted octanol–water partition coefficient (Wildman–Crippen LogP) is 4.10. The van der Waals surface area contributed by atoms with Gasteiger partial charge < -0.3 is 29.5 Å². The molecule has 6 aromatic rings. The van der Waals surface area contributed by atoms with E-state index in [1.165, 1.54) is 28.7 Å². The van der Waals surface area contributed by atoms with E-state index in [4.69, 9.17) is 21.2 Å². The number of nitriles is 2. The van der Waals surface area contributed by atoms with Crippen molar-refractivity contribution in [2.75, 3.05) is 41.4 Å². The SMILES string of the molecule is C.C#C[C@]1(O)CCN(C)C1=O.COC(=O)c1nn(-c2cc(Br)cc(CC#N)c2)c2ncccc12.COC(=O)c1nn(-c2cc(C#C[C@]3(O)CCN(C)C3=O)cc(CC#N)c2)c2ncccc12. The Bertz CT molecular complexity index is 3060. The standard InChI is InChI=1S/C23H19N5O4.C16H11BrN4O2.C7H9NO2.CH4/c1-27-11-8-23(31,22(27)30)7-5-15-12-16(6-9-24)14-17(13-15)28-20-18(4-3-10-25-20)19(26-28)21(29)32-2;1-23-16(22)14-13-3-2-6-19-15(13)21(20-14)12-8-10(4-5-18)7-11(17)9-12;1-3-7(10)4-5-8(2)6(7)9;/h3-4,10,12-14,31H,6,8,11H2,1-2H3;2-3,6-9H,4H2,1H3;1,10H,4-5H2,2H3;1H4/t23-;;7-;/m0.0./s1. The van der Waals surface area contributed by atoms with Gasteiger partial charge in [0, 0.05) is 62.5 Å². The fourth-order valence-corrected chi connectivity index (χ4v) is 7.43. The van der Waals surface area contributed by atoms with Crippen LogP contribution in [0.5, 0.6) is 0 Å². The molecular weight excluding hydrogens is 912 g/mol. The minimum Gasteiger partial charge on any atom is -0.464 e. The van der Waals surface area contributed by atoms with E-state index in [1.54, 1.807) is 73.6 Å². The Balaban J connectivity index is 0.000000209. The van der Waals surface area contributed by atoms with E-state index in [2.05, 4.69) is 66.0 Å². The molecule has 6 heterocycles. The zero-order chi connectivity index (χ0) is 47.1. The molecule has 19 heteroatoms. The summed E-state index contributed by atoms with van der Waals surface area (Å²) in [5.74, 6) is 5.71. The number of nitrogens with zero attached hydrogens (tertiary/aromatic N) is 10. The zero-order valence-corrected chi connectivity index (χ0v) is 37.0. The van der Waals surface area contributed by atoms with Crippen molar-refractivity contribution < 1.29 is 38.9 Å². The average molecular weight is 956 g/mol. The average Bonchev–Trinajstić information content (AvgIpc) is 4.04. The molecule has 4 aromatic heterocycles. The number of terminal acetylenes is 1. The zero-order valence-electron chi connectivity index (χ0n) is 35.4. The largest absolute Gasteiger partial charge is 0.464 e. The number of ether oxygens (including phenoxy) is 2. The van der Waals surface area contributed by atoms with Crippen molar-refractivity contribution in [2.24, 2.45) is 0 Å². The first-order chi connectivity index (χ1) is 31.1. The Morgan fingerprint density at radius 3 is 1.67 bits per heavy atom. The van der Waals surface area contributed by atoms with Crippen LogP contribution >= 0.6 is 15.9 Å². The number of carbonyl (C=O) groups excluding carboxylic acids is 4. The van der Waals surface area contributed by atoms with Crippen molar-refractivity contribution in [2.45, 2.75) is 44.3 Å². The number of carbonyl (C=O) groups is 4. The van der Waals surface area contributed by atoms with Crippen molar-refractivity contribution in [3.05, 3.63) is 106 Å². The van der Waals surface area contributed by atoms with Crippen LogP contribution in [-0.2, 0) is 31.9 Å². The molecule has 0 saturated carbocycles. The highest BCUT2D eigenvalue weighted by atomic mass is 79.9. The summed E-state index contributed by atoms with van der Waals surface area (Å²) in [6, 6.07) is 21.9. The number of amides is 2. The van der Waals surface area contributed by atoms with Crippen LogP contribution in [0.2, 0.25) is 0 Å². The van der Waals surface area contributed by atoms with Crippen molar-refractivity contribution in [3.8, 4) is 47.7 Å². The summed E-state index contributed by atoms with van der Waals surface area (Å²) in [7, 11) is 5.82. The van der Waals surface area contributed by atoms with Crippen molar-refractivity contribution in [1.29, 1.82) is 10.5 Å². The van der Waals surface area contributed by atoms with Gasteiger partial charge in [0.05, 0.1) is 61.3 Å². The molecular formula is C47H43BrN10O8. The van der Waals surface area contributed by atoms with Crippen LogP contribution in [0.15, 0.2) is 77.5 Å². The lowest BCUT2D eigenvalue weighted by Gasteiger charge is -2.13. The molecule has 2 aliphatic rings. The molecule has 2 aliphatic heterocycles. The lowest BCUT2D eigenvalue weighted by molar-refractivity contribution is -0.138. The second-order valence-corrected chi connectivity index (χ2v) is 15.6. The number of aromatic nitrogens is 6. The van der Waals surface area contributed by atoms with Gasteiger partial charge in [-0.25, -0.2) is 28.9 Å². The molecule has 8 rings (SSSR count). The lowest BCUT2D eigenvalue weighted by atomic mass is 10.0. The highest BCUT2D eigenvalue weighted by Crippen LogP contribution is 2.27. The number of likely N-dealkylation sites (tertiary alicyclic amines) is 2. The first-order valence-corrected chi connectivity index (χ1v) is 20.4. The molecule has 0 radical (unpaired) electrons. The van der Waals surface area contributed by atoms with E-state index in [-0.39, 0.29) is 44.0 Å². The Morgan fingerprint density at radius 1 is 0.773 bits per heavy atom. The third-order valence-electron chi connectivity index (χ3n) is 10.3. The molecule has 2 aromatic carbocycles. The third-order valence-corrected chi connectivity index (χ3v) is 10.7. The maximum Gasteiger partial charge on any atom is 0.359 e. The van der Waals surface area contributed by atoms with Gasteiger partial charge in [-0.15, -0.1) is 6.42 Å². The number of halogens is 1. The van der Waals surface area contributed by atoms with E-state index in [9.17, 15) is 34.7 Å². The summed E-state index contributed by atoms with van der Waals surface area (Å²) >= 11 is 3.43. The van der Waals surface area contributed by atoms with Crippen LogP contribution in [0.25, 0.3) is 33.4 Å². The number of esters is 2.